The predicted molar refractivity (Wildman–Crippen MR) is 23.1 cm³/mol. The van der Waals surface area contributed by atoms with Crippen LogP contribution in [0, 0.1) is 0 Å². The van der Waals surface area contributed by atoms with Gasteiger partial charge in [-0.2, -0.15) is 0 Å². The maximum absolute atomic E-state index is 8.06. The van der Waals surface area contributed by atoms with E-state index in [9.17, 15) is 0 Å². The Balaban J connectivity index is 0. The number of aliphatic hydroxyl groups is 1. The van der Waals surface area contributed by atoms with Crippen LogP contribution >= 0.6 is 0 Å². The predicted octanol–water partition coefficient (Wildman–Crippen LogP) is 0.00630. The molecule has 0 unspecified atom stereocenters. The third-order valence-electron chi connectivity index (χ3n) is 0. The van der Waals surface area contributed by atoms with E-state index in [4.69, 9.17) is 5.11 Å². The molecular formula is C3H8AlO. The summed E-state index contributed by atoms with van der Waals surface area (Å²) in [6.07, 6.45) is -0.167. The Kier molecular flexibility index (Phi) is 8.17. The number of rotatable bonds is 0. The van der Waals surface area contributed by atoms with E-state index in [1.165, 1.54) is 0 Å². The first-order valence-corrected chi connectivity index (χ1v) is 1.41. The highest BCUT2D eigenvalue weighted by molar-refractivity contribution is 5.75. The molecule has 0 aliphatic heterocycles. The zero-order valence-electron chi connectivity index (χ0n) is 3.60. The normalized spacial score (nSPS) is 7.20. The van der Waals surface area contributed by atoms with Crippen molar-refractivity contribution in [3.05, 3.63) is 0 Å². The number of aliphatic hydroxyl groups excluding tert-OH is 1. The van der Waals surface area contributed by atoms with Crippen molar-refractivity contribution in [1.29, 1.82) is 0 Å². The molecule has 0 amide bonds. The maximum Gasteiger partial charge on any atom is 0.0483 e. The molecule has 0 aromatic carbocycles. The van der Waals surface area contributed by atoms with Crippen molar-refractivity contribution in [2.75, 3.05) is 0 Å². The Morgan fingerprint density at radius 1 is 1.40 bits per heavy atom. The molecule has 0 aliphatic carbocycles. The topological polar surface area (TPSA) is 20.2 Å². The maximum atomic E-state index is 8.06. The van der Waals surface area contributed by atoms with Crippen LogP contribution in [0.2, 0.25) is 0 Å². The van der Waals surface area contributed by atoms with Crippen LogP contribution in [-0.2, 0) is 0 Å². The molecule has 1 N–H and O–H groups in total. The van der Waals surface area contributed by atoms with Crippen molar-refractivity contribution < 1.29 is 5.11 Å². The van der Waals surface area contributed by atoms with Crippen LogP contribution in [0.3, 0.4) is 0 Å². The SMILES string of the molecule is CC(C)O.[Al]. The van der Waals surface area contributed by atoms with Gasteiger partial charge in [0.25, 0.3) is 0 Å². The number of hydrogen-bond donors (Lipinski definition) is 1. The minimum absolute atomic E-state index is 0. The van der Waals surface area contributed by atoms with Gasteiger partial charge in [-0.1, -0.05) is 0 Å². The van der Waals surface area contributed by atoms with Gasteiger partial charge in [-0.15, -0.1) is 0 Å². The first-order valence-electron chi connectivity index (χ1n) is 1.41. The zero-order valence-corrected chi connectivity index (χ0v) is 4.76. The third kappa shape index (κ3) is 115. The Morgan fingerprint density at radius 3 is 1.40 bits per heavy atom. The largest absolute Gasteiger partial charge is 0.394 e. The van der Waals surface area contributed by atoms with Gasteiger partial charge in [0.1, 0.15) is 0 Å². The van der Waals surface area contributed by atoms with Crippen LogP contribution in [0.25, 0.3) is 0 Å². The Morgan fingerprint density at radius 2 is 1.40 bits per heavy atom. The highest BCUT2D eigenvalue weighted by atomic mass is 27.0. The summed E-state index contributed by atoms with van der Waals surface area (Å²) >= 11 is 0. The van der Waals surface area contributed by atoms with E-state index in [1.54, 1.807) is 13.8 Å². The van der Waals surface area contributed by atoms with Gasteiger partial charge in [-0.25, -0.2) is 0 Å². The van der Waals surface area contributed by atoms with E-state index < -0.39 is 0 Å². The molecule has 0 rings (SSSR count). The van der Waals surface area contributed by atoms with Crippen LogP contribution in [-0.4, -0.2) is 28.6 Å². The van der Waals surface area contributed by atoms with Gasteiger partial charge in [0.2, 0.25) is 0 Å². The van der Waals surface area contributed by atoms with Gasteiger partial charge in [0.15, 0.2) is 0 Å². The van der Waals surface area contributed by atoms with Gasteiger partial charge in [-0.05, 0) is 13.8 Å². The summed E-state index contributed by atoms with van der Waals surface area (Å²) in [6.45, 7) is 3.44. The molecule has 0 spiro atoms. The van der Waals surface area contributed by atoms with E-state index in [-0.39, 0.29) is 23.5 Å². The average molecular weight is 87.1 g/mol. The van der Waals surface area contributed by atoms with Crippen molar-refractivity contribution >= 4 is 17.4 Å². The van der Waals surface area contributed by atoms with Crippen LogP contribution in [0.1, 0.15) is 13.8 Å². The van der Waals surface area contributed by atoms with Crippen LogP contribution < -0.4 is 0 Å². The summed E-state index contributed by atoms with van der Waals surface area (Å²) in [4.78, 5) is 0. The molecule has 0 heterocycles. The summed E-state index contributed by atoms with van der Waals surface area (Å²) in [7, 11) is 0. The third-order valence-corrected chi connectivity index (χ3v) is 0. The summed E-state index contributed by atoms with van der Waals surface area (Å²) < 4.78 is 0. The summed E-state index contributed by atoms with van der Waals surface area (Å²) in [5.74, 6) is 0. The van der Waals surface area contributed by atoms with Crippen molar-refractivity contribution in [3.63, 3.8) is 0 Å². The highest BCUT2D eigenvalue weighted by Gasteiger charge is 1.69. The summed E-state index contributed by atoms with van der Waals surface area (Å²) in [6, 6.07) is 0. The molecule has 0 atom stereocenters. The second kappa shape index (κ2) is 4.49. The molecule has 0 aliphatic rings. The monoisotopic (exact) mass is 87.0 g/mol. The van der Waals surface area contributed by atoms with Gasteiger partial charge < -0.3 is 5.11 Å². The molecule has 0 aromatic heterocycles. The lowest BCUT2D eigenvalue weighted by molar-refractivity contribution is 0.216. The van der Waals surface area contributed by atoms with Crippen molar-refractivity contribution in [2.45, 2.75) is 20.0 Å². The quantitative estimate of drug-likeness (QED) is 0.412. The molecule has 3 radical (unpaired) electrons. The first-order chi connectivity index (χ1) is 1.73. The summed E-state index contributed by atoms with van der Waals surface area (Å²) in [5.41, 5.74) is 0. The molecule has 0 fully saturated rings. The standard InChI is InChI=1S/C3H8O.Al/c1-3(2)4;/h3-4H,1-2H3;. The first kappa shape index (κ1) is 9.09. The van der Waals surface area contributed by atoms with Gasteiger partial charge in [0.05, 0.1) is 0 Å². The van der Waals surface area contributed by atoms with Crippen molar-refractivity contribution in [3.8, 4) is 0 Å². The Labute approximate surface area is 43.1 Å². The van der Waals surface area contributed by atoms with Crippen LogP contribution in [0.15, 0.2) is 0 Å². The van der Waals surface area contributed by atoms with Gasteiger partial charge in [0, 0.05) is 23.5 Å². The van der Waals surface area contributed by atoms with Crippen LogP contribution in [0.4, 0.5) is 0 Å². The molecular weight excluding hydrogens is 79.0 g/mol. The fraction of sp³-hybridized carbons (Fsp3) is 1.00. The molecule has 0 saturated carbocycles. The fourth-order valence-electron chi connectivity index (χ4n) is 0. The van der Waals surface area contributed by atoms with E-state index in [2.05, 4.69) is 0 Å². The molecule has 0 saturated heterocycles. The lowest BCUT2D eigenvalue weighted by Gasteiger charge is -1.80. The van der Waals surface area contributed by atoms with E-state index >= 15 is 0 Å². The lowest BCUT2D eigenvalue weighted by Crippen LogP contribution is -1.85. The average Bonchev–Trinajstić information content (AvgIpc) is 0.811. The molecule has 2 heteroatoms. The van der Waals surface area contributed by atoms with E-state index in [0.717, 1.165) is 0 Å². The minimum Gasteiger partial charge on any atom is -0.394 e. The van der Waals surface area contributed by atoms with Gasteiger partial charge in [-0.3, -0.25) is 0 Å². The van der Waals surface area contributed by atoms with Gasteiger partial charge >= 0.3 is 0 Å². The van der Waals surface area contributed by atoms with E-state index in [0.29, 0.717) is 0 Å². The summed E-state index contributed by atoms with van der Waals surface area (Å²) in [5, 5.41) is 8.06. The second-order valence-electron chi connectivity index (χ2n) is 1.09. The van der Waals surface area contributed by atoms with Crippen molar-refractivity contribution in [2.24, 2.45) is 0 Å². The van der Waals surface area contributed by atoms with Crippen LogP contribution in [0.5, 0.6) is 0 Å². The Bertz CT molecular complexity index is 11.6. The van der Waals surface area contributed by atoms with Crippen molar-refractivity contribution in [1.82, 2.24) is 0 Å². The zero-order chi connectivity index (χ0) is 3.58. The molecule has 5 heavy (non-hydrogen) atoms. The van der Waals surface area contributed by atoms with E-state index in [1.807, 2.05) is 0 Å². The second-order valence-corrected chi connectivity index (χ2v) is 1.09. The molecule has 0 aromatic rings. The highest BCUT2D eigenvalue weighted by Crippen LogP contribution is 1.65. The fourth-order valence-corrected chi connectivity index (χ4v) is 0. The lowest BCUT2D eigenvalue weighted by atomic mass is 10.5. The minimum atomic E-state index is -0.167. The smallest absolute Gasteiger partial charge is 0.0483 e. The Hall–Kier alpha value is 0.492. The number of hydrogen-bond acceptors (Lipinski definition) is 1. The molecule has 1 nitrogen and oxygen atoms in total. The molecule has 29 valence electrons. The molecule has 0 bridgehead atoms.